The van der Waals surface area contributed by atoms with Gasteiger partial charge in [-0.2, -0.15) is 5.10 Å². The SMILES string of the molecule is c1ccc2c(c1)CCC2Nc1cnn(CC2CCCO2)c1. The van der Waals surface area contributed by atoms with Crippen LogP contribution in [0.3, 0.4) is 0 Å². The second-order valence-electron chi connectivity index (χ2n) is 6.02. The number of nitrogens with zero attached hydrogens (tertiary/aromatic N) is 2. The maximum atomic E-state index is 5.66. The van der Waals surface area contributed by atoms with Crippen molar-refractivity contribution in [2.45, 2.75) is 44.4 Å². The van der Waals surface area contributed by atoms with Gasteiger partial charge in [0, 0.05) is 12.8 Å². The minimum atomic E-state index is 0.338. The summed E-state index contributed by atoms with van der Waals surface area (Å²) in [5.41, 5.74) is 4.01. The minimum Gasteiger partial charge on any atom is -0.376 e. The molecule has 2 aliphatic rings. The number of ether oxygens (including phenoxy) is 1. The number of aromatic nitrogens is 2. The van der Waals surface area contributed by atoms with E-state index in [1.807, 2.05) is 10.9 Å². The summed E-state index contributed by atoms with van der Waals surface area (Å²) in [4.78, 5) is 0. The van der Waals surface area contributed by atoms with Gasteiger partial charge in [-0.05, 0) is 36.8 Å². The second-order valence-corrected chi connectivity index (χ2v) is 6.02. The Balaban J connectivity index is 1.42. The monoisotopic (exact) mass is 283 g/mol. The summed E-state index contributed by atoms with van der Waals surface area (Å²) in [7, 11) is 0. The fourth-order valence-corrected chi connectivity index (χ4v) is 3.44. The molecule has 0 amide bonds. The molecule has 2 unspecified atom stereocenters. The third-order valence-electron chi connectivity index (χ3n) is 4.52. The van der Waals surface area contributed by atoms with Gasteiger partial charge in [-0.25, -0.2) is 0 Å². The molecular formula is C17H21N3O. The number of aryl methyl sites for hydroxylation is 1. The lowest BCUT2D eigenvalue weighted by Crippen LogP contribution is -2.15. The summed E-state index contributed by atoms with van der Waals surface area (Å²) in [6.45, 7) is 1.76. The molecule has 2 atom stereocenters. The Kier molecular flexibility index (Phi) is 3.39. The Hall–Kier alpha value is -1.81. The number of hydrogen-bond acceptors (Lipinski definition) is 3. The van der Waals surface area contributed by atoms with Crippen molar-refractivity contribution in [3.05, 3.63) is 47.8 Å². The van der Waals surface area contributed by atoms with Crippen LogP contribution in [0.5, 0.6) is 0 Å². The molecule has 1 fully saturated rings. The van der Waals surface area contributed by atoms with E-state index in [0.717, 1.165) is 38.1 Å². The predicted octanol–water partition coefficient (Wildman–Crippen LogP) is 3.16. The first-order chi connectivity index (χ1) is 10.4. The van der Waals surface area contributed by atoms with E-state index in [2.05, 4.69) is 40.9 Å². The molecule has 1 aliphatic heterocycles. The number of hydrogen-bond donors (Lipinski definition) is 1. The summed E-state index contributed by atoms with van der Waals surface area (Å²) in [5.74, 6) is 0. The molecule has 21 heavy (non-hydrogen) atoms. The van der Waals surface area contributed by atoms with E-state index in [0.29, 0.717) is 12.1 Å². The molecule has 4 nitrogen and oxygen atoms in total. The van der Waals surface area contributed by atoms with Crippen molar-refractivity contribution >= 4 is 5.69 Å². The molecule has 4 heteroatoms. The zero-order chi connectivity index (χ0) is 14.1. The summed E-state index contributed by atoms with van der Waals surface area (Å²) < 4.78 is 7.66. The Morgan fingerprint density at radius 2 is 2.24 bits per heavy atom. The Labute approximate surface area is 125 Å². The molecule has 0 radical (unpaired) electrons. The quantitative estimate of drug-likeness (QED) is 0.937. The lowest BCUT2D eigenvalue weighted by atomic mass is 10.1. The first kappa shape index (κ1) is 12.9. The van der Waals surface area contributed by atoms with Crippen molar-refractivity contribution < 1.29 is 4.74 Å². The third kappa shape index (κ3) is 2.68. The van der Waals surface area contributed by atoms with Crippen LogP contribution >= 0.6 is 0 Å². The average molecular weight is 283 g/mol. The van der Waals surface area contributed by atoms with Gasteiger partial charge in [-0.15, -0.1) is 0 Å². The van der Waals surface area contributed by atoms with E-state index in [4.69, 9.17) is 4.74 Å². The van der Waals surface area contributed by atoms with Gasteiger partial charge < -0.3 is 10.1 Å². The smallest absolute Gasteiger partial charge is 0.0771 e. The molecule has 1 N–H and O–H groups in total. The maximum Gasteiger partial charge on any atom is 0.0771 e. The number of rotatable bonds is 4. The summed E-state index contributed by atoms with van der Waals surface area (Å²) in [6.07, 6.45) is 9.02. The van der Waals surface area contributed by atoms with E-state index >= 15 is 0 Å². The van der Waals surface area contributed by atoms with Gasteiger partial charge in [0.1, 0.15) is 0 Å². The highest BCUT2D eigenvalue weighted by molar-refractivity contribution is 5.45. The molecule has 110 valence electrons. The number of anilines is 1. The van der Waals surface area contributed by atoms with Gasteiger partial charge in [-0.1, -0.05) is 24.3 Å². The molecular weight excluding hydrogens is 262 g/mol. The fraction of sp³-hybridized carbons (Fsp3) is 0.471. The Morgan fingerprint density at radius 3 is 3.14 bits per heavy atom. The third-order valence-corrected chi connectivity index (χ3v) is 4.52. The molecule has 0 bridgehead atoms. The molecule has 1 aromatic carbocycles. The molecule has 1 aliphatic carbocycles. The zero-order valence-corrected chi connectivity index (χ0v) is 12.2. The zero-order valence-electron chi connectivity index (χ0n) is 12.2. The van der Waals surface area contributed by atoms with Crippen molar-refractivity contribution in [2.75, 3.05) is 11.9 Å². The van der Waals surface area contributed by atoms with Crippen molar-refractivity contribution in [3.8, 4) is 0 Å². The highest BCUT2D eigenvalue weighted by Gasteiger charge is 2.22. The maximum absolute atomic E-state index is 5.66. The minimum absolute atomic E-state index is 0.338. The topological polar surface area (TPSA) is 39.1 Å². The van der Waals surface area contributed by atoms with Crippen molar-refractivity contribution in [1.82, 2.24) is 9.78 Å². The van der Waals surface area contributed by atoms with E-state index in [-0.39, 0.29) is 0 Å². The lowest BCUT2D eigenvalue weighted by molar-refractivity contribution is 0.0940. The highest BCUT2D eigenvalue weighted by atomic mass is 16.5. The van der Waals surface area contributed by atoms with Crippen molar-refractivity contribution in [2.24, 2.45) is 0 Å². The van der Waals surface area contributed by atoms with Crippen molar-refractivity contribution in [3.63, 3.8) is 0 Å². The van der Waals surface area contributed by atoms with Gasteiger partial charge in [0.15, 0.2) is 0 Å². The standard InChI is InChI=1S/C17H21N3O/c1-2-6-16-13(4-1)7-8-17(16)19-14-10-18-20(11-14)12-15-5-3-9-21-15/h1-2,4,6,10-11,15,17,19H,3,5,7-9,12H2. The van der Waals surface area contributed by atoms with Crippen LogP contribution in [0.1, 0.15) is 36.4 Å². The molecule has 2 aromatic rings. The predicted molar refractivity (Wildman–Crippen MR) is 82.3 cm³/mol. The summed E-state index contributed by atoms with van der Waals surface area (Å²) in [6, 6.07) is 9.14. The van der Waals surface area contributed by atoms with E-state index in [1.165, 1.54) is 17.5 Å². The van der Waals surface area contributed by atoms with Gasteiger partial charge >= 0.3 is 0 Å². The fourth-order valence-electron chi connectivity index (χ4n) is 3.44. The van der Waals surface area contributed by atoms with E-state index in [1.54, 1.807) is 0 Å². The Morgan fingerprint density at radius 1 is 1.29 bits per heavy atom. The van der Waals surface area contributed by atoms with Gasteiger partial charge in [0.25, 0.3) is 0 Å². The van der Waals surface area contributed by atoms with Crippen molar-refractivity contribution in [1.29, 1.82) is 0 Å². The van der Waals surface area contributed by atoms with Crippen LogP contribution in [0.15, 0.2) is 36.7 Å². The molecule has 1 saturated heterocycles. The van der Waals surface area contributed by atoms with Crippen LogP contribution in [-0.4, -0.2) is 22.5 Å². The molecule has 0 saturated carbocycles. The normalized spacial score (nSPS) is 24.2. The molecule has 0 spiro atoms. The summed E-state index contributed by atoms with van der Waals surface area (Å²) >= 11 is 0. The molecule has 2 heterocycles. The molecule has 1 aromatic heterocycles. The number of nitrogens with one attached hydrogen (secondary N) is 1. The first-order valence-corrected chi connectivity index (χ1v) is 7.87. The first-order valence-electron chi connectivity index (χ1n) is 7.87. The van der Waals surface area contributed by atoms with Gasteiger partial charge in [0.2, 0.25) is 0 Å². The van der Waals surface area contributed by atoms with Crippen LogP contribution in [0.2, 0.25) is 0 Å². The lowest BCUT2D eigenvalue weighted by Gasteiger charge is -2.13. The van der Waals surface area contributed by atoms with Crippen LogP contribution in [-0.2, 0) is 17.7 Å². The van der Waals surface area contributed by atoms with Gasteiger partial charge in [0.05, 0.1) is 30.6 Å². The van der Waals surface area contributed by atoms with Gasteiger partial charge in [-0.3, -0.25) is 4.68 Å². The van der Waals surface area contributed by atoms with E-state index < -0.39 is 0 Å². The highest BCUT2D eigenvalue weighted by Crippen LogP contribution is 2.33. The summed E-state index contributed by atoms with van der Waals surface area (Å²) in [5, 5.41) is 8.07. The van der Waals surface area contributed by atoms with Crippen LogP contribution in [0.4, 0.5) is 5.69 Å². The van der Waals surface area contributed by atoms with Crippen LogP contribution in [0.25, 0.3) is 0 Å². The molecule has 4 rings (SSSR count). The average Bonchev–Trinajstić information content (AvgIpc) is 3.23. The second kappa shape index (κ2) is 5.53. The van der Waals surface area contributed by atoms with Crippen LogP contribution < -0.4 is 5.32 Å². The number of fused-ring (bicyclic) bond motifs is 1. The van der Waals surface area contributed by atoms with Crippen LogP contribution in [0, 0.1) is 0 Å². The largest absolute Gasteiger partial charge is 0.376 e. The Bertz CT molecular complexity index is 616. The number of benzene rings is 1. The van der Waals surface area contributed by atoms with E-state index in [9.17, 15) is 0 Å².